The summed E-state index contributed by atoms with van der Waals surface area (Å²) in [4.78, 5) is 72.4. The Labute approximate surface area is 524 Å². The third-order valence-electron chi connectivity index (χ3n) is 15.7. The van der Waals surface area contributed by atoms with Crippen molar-refractivity contribution in [2.75, 3.05) is 39.6 Å². The highest BCUT2D eigenvalue weighted by Gasteiger charge is 2.30. The number of aliphatic hydroxyl groups excluding tert-OH is 1. The molecule has 0 aromatic rings. The average Bonchev–Trinajstić information content (AvgIpc) is 3.52. The summed E-state index contributed by atoms with van der Waals surface area (Å²) in [5.74, 6) is 0.810. The van der Waals surface area contributed by atoms with Crippen LogP contribution in [0.1, 0.15) is 325 Å². The van der Waals surface area contributed by atoms with E-state index in [1.54, 1.807) is 0 Å². The Morgan fingerprint density at radius 1 is 0.326 bits per heavy atom. The number of hydrogen-bond acceptors (Lipinski definition) is 15. The topological polar surface area (TPSA) is 237 Å². The van der Waals surface area contributed by atoms with Crippen LogP contribution in [0, 0.1) is 23.7 Å². The molecule has 0 amide bonds. The van der Waals surface area contributed by atoms with Gasteiger partial charge in [0.2, 0.25) is 0 Å². The van der Waals surface area contributed by atoms with Gasteiger partial charge in [-0.2, -0.15) is 0 Å². The molecule has 0 saturated carbocycles. The van der Waals surface area contributed by atoms with Gasteiger partial charge >= 0.3 is 39.5 Å². The van der Waals surface area contributed by atoms with Crippen LogP contribution in [0.5, 0.6) is 0 Å². The van der Waals surface area contributed by atoms with E-state index in [2.05, 4.69) is 55.4 Å². The fraction of sp³-hybridized carbons (Fsp3) is 0.940. The van der Waals surface area contributed by atoms with Crippen molar-refractivity contribution in [2.24, 2.45) is 23.7 Å². The Bertz CT molecular complexity index is 1720. The summed E-state index contributed by atoms with van der Waals surface area (Å²) < 4.78 is 68.1. The maximum absolute atomic E-state index is 13.0. The minimum Gasteiger partial charge on any atom is -0.462 e. The second kappa shape index (κ2) is 57.0. The van der Waals surface area contributed by atoms with Crippen LogP contribution in [0.3, 0.4) is 0 Å². The predicted molar refractivity (Wildman–Crippen MR) is 344 cm³/mol. The van der Waals surface area contributed by atoms with Crippen LogP contribution in [0.15, 0.2) is 0 Å². The van der Waals surface area contributed by atoms with Crippen LogP contribution in [0.25, 0.3) is 0 Å². The maximum atomic E-state index is 13.0. The van der Waals surface area contributed by atoms with Crippen LogP contribution < -0.4 is 0 Å². The predicted octanol–water partition coefficient (Wildman–Crippen LogP) is 18.5. The first kappa shape index (κ1) is 84.1. The Balaban J connectivity index is 5.27. The number of rotatable bonds is 64. The maximum Gasteiger partial charge on any atom is 0.472 e. The van der Waals surface area contributed by atoms with E-state index in [1.165, 1.54) is 122 Å². The number of ether oxygens (including phenoxy) is 4. The second-order valence-corrected chi connectivity index (χ2v) is 28.8. The Morgan fingerprint density at radius 2 is 0.558 bits per heavy atom. The van der Waals surface area contributed by atoms with Crippen molar-refractivity contribution in [2.45, 2.75) is 343 Å². The first-order valence-electron chi connectivity index (χ1n) is 34.7. The number of phosphoric acid groups is 2. The second-order valence-electron chi connectivity index (χ2n) is 25.9. The molecule has 0 aliphatic carbocycles. The third-order valence-corrected chi connectivity index (χ3v) is 17.6. The minimum absolute atomic E-state index is 0.104. The molecule has 0 bridgehead atoms. The minimum atomic E-state index is -4.95. The first-order valence-corrected chi connectivity index (χ1v) is 37.7. The summed E-state index contributed by atoms with van der Waals surface area (Å²) in [5, 5.41) is 10.6. The van der Waals surface area contributed by atoms with Crippen molar-refractivity contribution in [3.8, 4) is 0 Å². The van der Waals surface area contributed by atoms with Crippen molar-refractivity contribution >= 4 is 39.5 Å². The van der Waals surface area contributed by atoms with Crippen molar-refractivity contribution < 1.29 is 80.2 Å². The number of aliphatic hydroxyl groups is 1. The van der Waals surface area contributed by atoms with Gasteiger partial charge in [0.15, 0.2) is 12.2 Å². The van der Waals surface area contributed by atoms with Gasteiger partial charge in [0.05, 0.1) is 26.4 Å². The number of phosphoric ester groups is 2. The number of hydrogen-bond donors (Lipinski definition) is 3. The molecule has 0 aromatic carbocycles. The molecule has 19 heteroatoms. The van der Waals surface area contributed by atoms with E-state index >= 15 is 0 Å². The van der Waals surface area contributed by atoms with Crippen LogP contribution in [0.2, 0.25) is 0 Å². The molecule has 6 atom stereocenters. The quantitative estimate of drug-likeness (QED) is 0.0222. The monoisotopic (exact) mass is 1270 g/mol. The molecule has 3 N–H and O–H groups in total. The van der Waals surface area contributed by atoms with Crippen LogP contribution >= 0.6 is 15.6 Å². The van der Waals surface area contributed by atoms with Crippen LogP contribution in [0.4, 0.5) is 0 Å². The molecular weight excluding hydrogens is 1140 g/mol. The van der Waals surface area contributed by atoms with Gasteiger partial charge in [-0.3, -0.25) is 37.3 Å². The van der Waals surface area contributed by atoms with Crippen molar-refractivity contribution in [1.82, 2.24) is 0 Å². The molecule has 510 valence electrons. The average molecular weight is 1270 g/mol. The van der Waals surface area contributed by atoms with E-state index in [9.17, 15) is 43.2 Å². The summed E-state index contributed by atoms with van der Waals surface area (Å²) >= 11 is 0. The molecule has 3 unspecified atom stereocenters. The van der Waals surface area contributed by atoms with Crippen LogP contribution in [-0.4, -0.2) is 96.7 Å². The van der Waals surface area contributed by atoms with Gasteiger partial charge in [0, 0.05) is 25.7 Å². The van der Waals surface area contributed by atoms with E-state index in [0.29, 0.717) is 25.7 Å². The Morgan fingerprint density at radius 3 is 0.826 bits per heavy atom. The van der Waals surface area contributed by atoms with Gasteiger partial charge in [-0.25, -0.2) is 9.13 Å². The van der Waals surface area contributed by atoms with E-state index in [1.807, 2.05) is 0 Å². The molecule has 0 spiro atoms. The third kappa shape index (κ3) is 59.7. The van der Waals surface area contributed by atoms with E-state index in [4.69, 9.17) is 37.0 Å². The van der Waals surface area contributed by atoms with Crippen molar-refractivity contribution in [3.63, 3.8) is 0 Å². The standard InChI is InChI=1S/C67H130O17P2/c1-9-60(8)46-38-30-25-26-32-40-48-65(70)78-54-63(84-67(72)50-42-34-24-16-12-14-20-28-36-44-58(4)5)56-82-86(75,76)80-52-61(68)51-79-85(73,74)81-55-62(53-77-64(69)47-39-31-22-18-17-21-29-37-45-59(6)7)83-66(71)49-41-33-23-15-11-10-13-19-27-35-43-57(2)3/h57-63,68H,9-56H2,1-8H3,(H,73,74)(H,75,76)/t60?,61-,62-,63-/m1/s1. The highest BCUT2D eigenvalue weighted by atomic mass is 31.2. The van der Waals surface area contributed by atoms with Gasteiger partial charge in [-0.15, -0.1) is 0 Å². The molecule has 0 aliphatic heterocycles. The molecule has 0 radical (unpaired) electrons. The lowest BCUT2D eigenvalue weighted by Gasteiger charge is -2.21. The summed E-state index contributed by atoms with van der Waals surface area (Å²) in [5.41, 5.74) is 0. The lowest BCUT2D eigenvalue weighted by Crippen LogP contribution is -2.30. The van der Waals surface area contributed by atoms with Crippen molar-refractivity contribution in [1.29, 1.82) is 0 Å². The molecule has 0 saturated heterocycles. The SMILES string of the molecule is CCC(C)CCCCCCCCC(=O)OC[C@H](COP(=O)(O)OC[C@H](O)COP(=O)(O)OC[C@@H](COC(=O)CCCCCCCCCCC(C)C)OC(=O)CCCCCCCCCCCCC(C)C)OC(=O)CCCCCCCCCCCC(C)C. The lowest BCUT2D eigenvalue weighted by molar-refractivity contribution is -0.161. The van der Waals surface area contributed by atoms with E-state index in [-0.39, 0.29) is 25.7 Å². The first-order chi connectivity index (χ1) is 41.1. The lowest BCUT2D eigenvalue weighted by atomic mass is 10.00. The normalized spacial score (nSPS) is 14.7. The zero-order chi connectivity index (χ0) is 63.9. The molecule has 0 rings (SSSR count). The highest BCUT2D eigenvalue weighted by Crippen LogP contribution is 2.45. The fourth-order valence-corrected chi connectivity index (χ4v) is 11.5. The molecule has 17 nitrogen and oxygen atoms in total. The van der Waals surface area contributed by atoms with Gasteiger partial charge in [-0.05, 0) is 49.4 Å². The molecule has 86 heavy (non-hydrogen) atoms. The number of unbranched alkanes of at least 4 members (excludes halogenated alkanes) is 29. The van der Waals surface area contributed by atoms with Crippen LogP contribution in [-0.2, 0) is 65.4 Å². The molecule has 0 fully saturated rings. The number of carbonyl (C=O) groups is 4. The molecule has 0 heterocycles. The largest absolute Gasteiger partial charge is 0.472 e. The van der Waals surface area contributed by atoms with Gasteiger partial charge in [-0.1, -0.05) is 274 Å². The Hall–Kier alpha value is -1.94. The summed E-state index contributed by atoms with van der Waals surface area (Å²) in [6.07, 6.45) is 37.6. The zero-order valence-electron chi connectivity index (χ0n) is 55.9. The van der Waals surface area contributed by atoms with Crippen molar-refractivity contribution in [3.05, 3.63) is 0 Å². The fourth-order valence-electron chi connectivity index (χ4n) is 9.93. The van der Waals surface area contributed by atoms with Gasteiger partial charge in [0.1, 0.15) is 19.3 Å². The highest BCUT2D eigenvalue weighted by molar-refractivity contribution is 7.47. The number of esters is 4. The van der Waals surface area contributed by atoms with E-state index < -0.39 is 97.5 Å². The Kier molecular flexibility index (Phi) is 55.7. The summed E-state index contributed by atoms with van der Waals surface area (Å²) in [6, 6.07) is 0. The summed E-state index contributed by atoms with van der Waals surface area (Å²) in [6.45, 7) is 14.0. The van der Waals surface area contributed by atoms with Gasteiger partial charge in [0.25, 0.3) is 0 Å². The molecular formula is C67H130O17P2. The number of carbonyl (C=O) groups excluding carboxylic acids is 4. The molecule has 0 aromatic heterocycles. The van der Waals surface area contributed by atoms with Gasteiger partial charge < -0.3 is 33.8 Å². The molecule has 0 aliphatic rings. The smallest absolute Gasteiger partial charge is 0.462 e. The van der Waals surface area contributed by atoms with E-state index in [0.717, 1.165) is 120 Å². The zero-order valence-corrected chi connectivity index (χ0v) is 57.7. The summed E-state index contributed by atoms with van der Waals surface area (Å²) in [7, 11) is -9.90.